The third-order valence-corrected chi connectivity index (χ3v) is 4.01. The van der Waals surface area contributed by atoms with Crippen LogP contribution in [0.4, 0.5) is 0 Å². The van der Waals surface area contributed by atoms with Crippen molar-refractivity contribution in [3.8, 4) is 0 Å². The first kappa shape index (κ1) is 17.3. The van der Waals surface area contributed by atoms with Crippen LogP contribution >= 0.6 is 0 Å². The zero-order chi connectivity index (χ0) is 15.3. The first-order valence-corrected chi connectivity index (χ1v) is 8.33. The van der Waals surface area contributed by atoms with Crippen LogP contribution in [0.25, 0.3) is 0 Å². The van der Waals surface area contributed by atoms with Crippen molar-refractivity contribution >= 4 is 0 Å². The van der Waals surface area contributed by atoms with E-state index in [0.29, 0.717) is 5.41 Å². The van der Waals surface area contributed by atoms with E-state index in [1.807, 2.05) is 0 Å². The van der Waals surface area contributed by atoms with Gasteiger partial charge in [0.1, 0.15) is 0 Å². The van der Waals surface area contributed by atoms with Crippen molar-refractivity contribution in [1.29, 1.82) is 0 Å². The number of hydrogen-bond acceptors (Lipinski definition) is 0. The summed E-state index contributed by atoms with van der Waals surface area (Å²) >= 11 is 0. The van der Waals surface area contributed by atoms with Gasteiger partial charge in [0.2, 0.25) is 0 Å². The van der Waals surface area contributed by atoms with Gasteiger partial charge in [-0.1, -0.05) is 72.7 Å². The van der Waals surface area contributed by atoms with Crippen LogP contribution in [0.15, 0.2) is 24.3 Å². The minimum atomic E-state index is 0.313. The van der Waals surface area contributed by atoms with Crippen molar-refractivity contribution in [3.05, 3.63) is 35.4 Å². The summed E-state index contributed by atoms with van der Waals surface area (Å²) in [6.07, 6.45) is 3.75. The summed E-state index contributed by atoms with van der Waals surface area (Å²) in [4.78, 5) is 0. The Labute approximate surface area is 127 Å². The van der Waals surface area contributed by atoms with E-state index in [0.717, 1.165) is 17.8 Å². The predicted molar refractivity (Wildman–Crippen MR) is 91.2 cm³/mol. The summed E-state index contributed by atoms with van der Waals surface area (Å²) in [6.45, 7) is 16.5. The van der Waals surface area contributed by atoms with Crippen LogP contribution in [-0.2, 0) is 11.8 Å². The van der Waals surface area contributed by atoms with Crippen molar-refractivity contribution in [3.63, 3.8) is 0 Å². The summed E-state index contributed by atoms with van der Waals surface area (Å²) < 4.78 is 0. The second kappa shape index (κ2) is 7.29. The molecule has 0 amide bonds. The quantitative estimate of drug-likeness (QED) is 0.552. The van der Waals surface area contributed by atoms with E-state index in [4.69, 9.17) is 0 Å². The van der Waals surface area contributed by atoms with E-state index >= 15 is 0 Å². The van der Waals surface area contributed by atoms with Crippen molar-refractivity contribution in [2.45, 2.75) is 73.1 Å². The zero-order valence-electron chi connectivity index (χ0n) is 14.7. The number of hydrogen-bond donors (Lipinski definition) is 0. The monoisotopic (exact) mass is 274 g/mol. The third kappa shape index (κ3) is 4.96. The molecule has 0 heteroatoms. The van der Waals surface area contributed by atoms with Crippen molar-refractivity contribution in [2.24, 2.45) is 17.8 Å². The first-order chi connectivity index (χ1) is 9.24. The molecule has 1 aromatic carbocycles. The Morgan fingerprint density at radius 3 is 1.75 bits per heavy atom. The van der Waals surface area contributed by atoms with Crippen molar-refractivity contribution in [2.75, 3.05) is 0 Å². The molecule has 20 heavy (non-hydrogen) atoms. The fourth-order valence-electron chi connectivity index (χ4n) is 3.83. The molecule has 114 valence electrons. The Hall–Kier alpha value is -0.780. The standard InChI is InChI=1S/C20H34/c1-15(2)12-18-10-8-9-11-19(18)20(7,13-16(3)4)14-17(5)6/h8-11,15-17H,12-14H2,1-7H3. The molecule has 0 bridgehead atoms. The van der Waals surface area contributed by atoms with E-state index in [1.165, 1.54) is 19.3 Å². The van der Waals surface area contributed by atoms with Crippen LogP contribution in [0.3, 0.4) is 0 Å². The molecule has 0 saturated heterocycles. The lowest BCUT2D eigenvalue weighted by molar-refractivity contribution is 0.303. The Bertz CT molecular complexity index is 388. The SMILES string of the molecule is CC(C)Cc1ccccc1C(C)(CC(C)C)CC(C)C. The molecule has 1 rings (SSSR count). The predicted octanol–water partition coefficient (Wildman–Crippen LogP) is 6.24. The Balaban J connectivity index is 3.19. The normalized spacial score (nSPS) is 12.7. The van der Waals surface area contributed by atoms with Gasteiger partial charge in [-0.3, -0.25) is 0 Å². The Morgan fingerprint density at radius 2 is 1.30 bits per heavy atom. The Morgan fingerprint density at radius 1 is 0.800 bits per heavy atom. The highest BCUT2D eigenvalue weighted by Gasteiger charge is 2.30. The van der Waals surface area contributed by atoms with Gasteiger partial charge in [-0.2, -0.15) is 0 Å². The second-order valence-electron chi connectivity index (χ2n) is 8.01. The smallest absolute Gasteiger partial charge is 0.00677 e. The van der Waals surface area contributed by atoms with Gasteiger partial charge < -0.3 is 0 Å². The number of rotatable bonds is 7. The highest BCUT2D eigenvalue weighted by atomic mass is 14.3. The molecule has 0 heterocycles. The minimum absolute atomic E-state index is 0.313. The van der Waals surface area contributed by atoms with Gasteiger partial charge in [-0.25, -0.2) is 0 Å². The average molecular weight is 274 g/mol. The van der Waals surface area contributed by atoms with E-state index in [9.17, 15) is 0 Å². The molecule has 0 atom stereocenters. The topological polar surface area (TPSA) is 0 Å². The lowest BCUT2D eigenvalue weighted by atomic mass is 9.69. The summed E-state index contributed by atoms with van der Waals surface area (Å²) in [5, 5.41) is 0. The van der Waals surface area contributed by atoms with Crippen molar-refractivity contribution < 1.29 is 0 Å². The molecular weight excluding hydrogens is 240 g/mol. The second-order valence-corrected chi connectivity index (χ2v) is 8.01. The maximum absolute atomic E-state index is 2.48. The van der Waals surface area contributed by atoms with Crippen LogP contribution in [-0.4, -0.2) is 0 Å². The van der Waals surface area contributed by atoms with Crippen LogP contribution in [0.2, 0.25) is 0 Å². The fraction of sp³-hybridized carbons (Fsp3) is 0.700. The molecular formula is C20H34. The highest BCUT2D eigenvalue weighted by molar-refractivity contribution is 5.34. The molecule has 0 unspecified atom stereocenters. The molecule has 0 aromatic heterocycles. The van der Waals surface area contributed by atoms with E-state index in [2.05, 4.69) is 72.7 Å². The van der Waals surface area contributed by atoms with Gasteiger partial charge >= 0.3 is 0 Å². The first-order valence-electron chi connectivity index (χ1n) is 8.33. The molecule has 0 N–H and O–H groups in total. The van der Waals surface area contributed by atoms with Crippen molar-refractivity contribution in [1.82, 2.24) is 0 Å². The van der Waals surface area contributed by atoms with E-state index in [1.54, 1.807) is 11.1 Å². The largest absolute Gasteiger partial charge is 0.0627 e. The van der Waals surface area contributed by atoms with Gasteiger partial charge in [0.05, 0.1) is 0 Å². The van der Waals surface area contributed by atoms with E-state index in [-0.39, 0.29) is 0 Å². The minimum Gasteiger partial charge on any atom is -0.0627 e. The van der Waals surface area contributed by atoms with Crippen LogP contribution in [0.1, 0.15) is 72.4 Å². The molecule has 0 aliphatic heterocycles. The average Bonchev–Trinajstić information content (AvgIpc) is 2.26. The summed E-state index contributed by atoms with van der Waals surface area (Å²) in [7, 11) is 0. The lowest BCUT2D eigenvalue weighted by Crippen LogP contribution is -2.28. The Kier molecular flexibility index (Phi) is 6.30. The molecule has 0 saturated carbocycles. The molecule has 1 aromatic rings. The fourth-order valence-corrected chi connectivity index (χ4v) is 3.83. The summed E-state index contributed by atoms with van der Waals surface area (Å²) in [5.41, 5.74) is 3.47. The highest BCUT2D eigenvalue weighted by Crippen LogP contribution is 2.39. The molecule has 0 radical (unpaired) electrons. The molecule has 0 spiro atoms. The van der Waals surface area contributed by atoms with Gasteiger partial charge in [-0.05, 0) is 53.6 Å². The van der Waals surface area contributed by atoms with Gasteiger partial charge in [0.25, 0.3) is 0 Å². The van der Waals surface area contributed by atoms with Crippen LogP contribution < -0.4 is 0 Å². The molecule has 0 aliphatic rings. The maximum Gasteiger partial charge on any atom is -0.00677 e. The summed E-state index contributed by atoms with van der Waals surface area (Å²) in [6, 6.07) is 9.14. The van der Waals surface area contributed by atoms with Gasteiger partial charge in [-0.15, -0.1) is 0 Å². The van der Waals surface area contributed by atoms with Gasteiger partial charge in [0, 0.05) is 0 Å². The van der Waals surface area contributed by atoms with Crippen LogP contribution in [0, 0.1) is 17.8 Å². The third-order valence-electron chi connectivity index (χ3n) is 4.01. The number of benzene rings is 1. The maximum atomic E-state index is 2.48. The zero-order valence-corrected chi connectivity index (χ0v) is 14.7. The molecule has 0 nitrogen and oxygen atoms in total. The lowest BCUT2D eigenvalue weighted by Gasteiger charge is -2.36. The molecule has 0 aliphatic carbocycles. The van der Waals surface area contributed by atoms with E-state index < -0.39 is 0 Å². The van der Waals surface area contributed by atoms with Gasteiger partial charge in [0.15, 0.2) is 0 Å². The molecule has 0 fully saturated rings. The van der Waals surface area contributed by atoms with Crippen LogP contribution in [0.5, 0.6) is 0 Å². The summed E-state index contributed by atoms with van der Waals surface area (Å²) in [5.74, 6) is 2.20.